The highest BCUT2D eigenvalue weighted by atomic mass is 16.5. The van der Waals surface area contributed by atoms with Crippen LogP contribution in [0.3, 0.4) is 0 Å². The summed E-state index contributed by atoms with van der Waals surface area (Å²) in [4.78, 5) is 30.4. The number of pyridine rings is 1. The van der Waals surface area contributed by atoms with Gasteiger partial charge in [-0.1, -0.05) is 31.2 Å². The number of carbonyl (C=O) groups is 1. The lowest BCUT2D eigenvalue weighted by molar-refractivity contribution is 0.262. The minimum atomic E-state index is -0.425. The van der Waals surface area contributed by atoms with Crippen molar-refractivity contribution in [1.29, 1.82) is 0 Å². The molecule has 0 aliphatic heterocycles. The lowest BCUT2D eigenvalue weighted by atomic mass is 10.1. The number of nitrogens with one attached hydrogen (secondary N) is 2. The largest absolute Gasteiger partial charge is 0.497 e. The van der Waals surface area contributed by atoms with Crippen LogP contribution in [0.25, 0.3) is 22.2 Å². The van der Waals surface area contributed by atoms with Gasteiger partial charge in [0.1, 0.15) is 29.4 Å². The Kier molecular flexibility index (Phi) is 7.44. The molecule has 0 saturated carbocycles. The van der Waals surface area contributed by atoms with Crippen molar-refractivity contribution in [3.63, 3.8) is 0 Å². The second kappa shape index (κ2) is 11.4. The Morgan fingerprint density at radius 2 is 1.62 bits per heavy atom. The molecule has 0 atom stereocenters. The molecule has 0 aliphatic rings. The Labute approximate surface area is 225 Å². The van der Waals surface area contributed by atoms with Gasteiger partial charge in [-0.15, -0.1) is 0 Å². The molecule has 39 heavy (non-hydrogen) atoms. The van der Waals surface area contributed by atoms with Gasteiger partial charge in [0, 0.05) is 29.5 Å². The summed E-state index contributed by atoms with van der Waals surface area (Å²) in [5, 5.41) is 7.32. The van der Waals surface area contributed by atoms with Crippen molar-refractivity contribution in [2.75, 3.05) is 24.9 Å². The molecule has 2 aromatic heterocycles. The van der Waals surface area contributed by atoms with Crippen LogP contribution in [0.2, 0.25) is 0 Å². The molecule has 2 amide bonds. The Morgan fingerprint density at radius 1 is 0.821 bits per heavy atom. The van der Waals surface area contributed by atoms with Gasteiger partial charge in [0.15, 0.2) is 5.82 Å². The maximum Gasteiger partial charge on any atom is 0.323 e. The maximum atomic E-state index is 12.9. The number of anilines is 2. The van der Waals surface area contributed by atoms with Crippen LogP contribution in [0, 0.1) is 0 Å². The number of benzene rings is 3. The van der Waals surface area contributed by atoms with E-state index in [4.69, 9.17) is 14.2 Å². The Bertz CT molecular complexity index is 1640. The summed E-state index contributed by atoms with van der Waals surface area (Å²) in [5.41, 5.74) is 1.76. The summed E-state index contributed by atoms with van der Waals surface area (Å²) >= 11 is 0. The number of fused-ring (bicyclic) bond motifs is 1. The first-order chi connectivity index (χ1) is 19.1. The molecule has 196 valence electrons. The van der Waals surface area contributed by atoms with Gasteiger partial charge < -0.3 is 24.8 Å². The Hall–Kier alpha value is -5.25. The number of amides is 2. The van der Waals surface area contributed by atoms with E-state index in [1.54, 1.807) is 49.7 Å². The van der Waals surface area contributed by atoms with E-state index in [0.29, 0.717) is 58.1 Å². The molecule has 2 N–H and O–H groups in total. The number of aromatic nitrogens is 4. The van der Waals surface area contributed by atoms with Crippen molar-refractivity contribution in [2.24, 2.45) is 0 Å². The fraction of sp³-hybridized carbons (Fsp3) is 0.138. The van der Waals surface area contributed by atoms with E-state index in [-0.39, 0.29) is 0 Å². The zero-order valence-electron chi connectivity index (χ0n) is 21.6. The molecule has 0 bridgehead atoms. The fourth-order valence-corrected chi connectivity index (χ4v) is 4.02. The van der Waals surface area contributed by atoms with Crippen molar-refractivity contribution in [2.45, 2.75) is 13.3 Å². The topological polar surface area (TPSA) is 120 Å². The van der Waals surface area contributed by atoms with Gasteiger partial charge in [-0.3, -0.25) is 0 Å². The van der Waals surface area contributed by atoms with Crippen molar-refractivity contribution in [1.82, 2.24) is 19.9 Å². The minimum Gasteiger partial charge on any atom is -0.497 e. The zero-order chi connectivity index (χ0) is 27.2. The van der Waals surface area contributed by atoms with Crippen LogP contribution in [-0.2, 0) is 6.42 Å². The lowest BCUT2D eigenvalue weighted by Gasteiger charge is -2.15. The number of nitrogens with zero attached hydrogens (tertiary/aromatic N) is 4. The number of carbonyl (C=O) groups excluding carboxylic acids is 1. The average Bonchev–Trinajstić information content (AvgIpc) is 2.99. The normalized spacial score (nSPS) is 10.6. The van der Waals surface area contributed by atoms with E-state index < -0.39 is 6.03 Å². The van der Waals surface area contributed by atoms with Gasteiger partial charge in [-0.05, 0) is 36.4 Å². The summed E-state index contributed by atoms with van der Waals surface area (Å²) in [6.45, 7) is 1.98. The molecule has 0 radical (unpaired) electrons. The molecule has 3 aromatic carbocycles. The van der Waals surface area contributed by atoms with Crippen LogP contribution in [0.4, 0.5) is 16.2 Å². The SMILES string of the molecule is CCc1ncnc(-c2cccnc2Oc2ccc(NC(=O)Nc3ccc(OC)cc3OC)c3ccccc23)n1. The number of hydrogen-bond acceptors (Lipinski definition) is 8. The number of urea groups is 1. The van der Waals surface area contributed by atoms with Gasteiger partial charge in [0.05, 0.1) is 31.2 Å². The third-order valence-corrected chi connectivity index (χ3v) is 5.95. The molecule has 0 aliphatic carbocycles. The monoisotopic (exact) mass is 522 g/mol. The fourth-order valence-electron chi connectivity index (χ4n) is 4.02. The van der Waals surface area contributed by atoms with Gasteiger partial charge in [-0.2, -0.15) is 0 Å². The van der Waals surface area contributed by atoms with E-state index >= 15 is 0 Å². The first-order valence-electron chi connectivity index (χ1n) is 12.2. The molecule has 0 spiro atoms. The molecule has 10 nitrogen and oxygen atoms in total. The molecule has 5 aromatic rings. The average molecular weight is 523 g/mol. The summed E-state index contributed by atoms with van der Waals surface area (Å²) in [6.07, 6.45) is 3.82. The first kappa shape index (κ1) is 25.4. The minimum absolute atomic E-state index is 0.362. The maximum absolute atomic E-state index is 12.9. The standard InChI is InChI=1S/C29H26N6O4/c1-4-26-31-17-32-27(35-26)21-10-7-15-30-28(21)39-24-14-13-22(19-8-5-6-9-20(19)24)33-29(36)34-23-12-11-18(37-2)16-25(23)38-3/h5-17H,4H2,1-3H3,(H2,33,34,36). The van der Waals surface area contributed by atoms with Crippen molar-refractivity contribution in [3.8, 4) is 34.5 Å². The van der Waals surface area contributed by atoms with E-state index in [1.807, 2.05) is 37.3 Å². The predicted octanol–water partition coefficient (Wildman–Crippen LogP) is 6.10. The van der Waals surface area contributed by atoms with Crippen LogP contribution >= 0.6 is 0 Å². The first-order valence-corrected chi connectivity index (χ1v) is 12.2. The molecule has 0 unspecified atom stereocenters. The second-order valence-electron chi connectivity index (χ2n) is 8.34. The van der Waals surface area contributed by atoms with Crippen LogP contribution in [0.5, 0.6) is 23.1 Å². The number of hydrogen-bond donors (Lipinski definition) is 2. The number of aryl methyl sites for hydroxylation is 1. The van der Waals surface area contributed by atoms with Gasteiger partial charge in [0.2, 0.25) is 5.88 Å². The van der Waals surface area contributed by atoms with Crippen LogP contribution in [-0.4, -0.2) is 40.2 Å². The van der Waals surface area contributed by atoms with Crippen molar-refractivity contribution in [3.05, 3.63) is 85.1 Å². The molecule has 10 heteroatoms. The van der Waals surface area contributed by atoms with E-state index in [2.05, 4.69) is 30.6 Å². The van der Waals surface area contributed by atoms with Gasteiger partial charge in [0.25, 0.3) is 0 Å². The quantitative estimate of drug-likeness (QED) is 0.251. The van der Waals surface area contributed by atoms with Crippen molar-refractivity contribution < 1.29 is 19.0 Å². The van der Waals surface area contributed by atoms with Crippen LogP contribution in [0.15, 0.2) is 79.3 Å². The number of methoxy groups -OCH3 is 2. The predicted molar refractivity (Wildman–Crippen MR) is 149 cm³/mol. The zero-order valence-corrected chi connectivity index (χ0v) is 21.6. The highest BCUT2D eigenvalue weighted by molar-refractivity contribution is 6.08. The summed E-state index contributed by atoms with van der Waals surface area (Å²) in [5.74, 6) is 3.20. The number of rotatable bonds is 8. The van der Waals surface area contributed by atoms with Gasteiger partial charge >= 0.3 is 6.03 Å². The second-order valence-corrected chi connectivity index (χ2v) is 8.34. The van der Waals surface area contributed by atoms with Crippen LogP contribution in [0.1, 0.15) is 12.7 Å². The summed E-state index contributed by atoms with van der Waals surface area (Å²) in [7, 11) is 3.09. The molecular weight excluding hydrogens is 496 g/mol. The molecular formula is C29H26N6O4. The highest BCUT2D eigenvalue weighted by Gasteiger charge is 2.16. The third-order valence-electron chi connectivity index (χ3n) is 5.95. The smallest absolute Gasteiger partial charge is 0.323 e. The molecule has 2 heterocycles. The Balaban J connectivity index is 1.42. The van der Waals surface area contributed by atoms with Crippen LogP contribution < -0.4 is 24.8 Å². The third kappa shape index (κ3) is 5.54. The van der Waals surface area contributed by atoms with Crippen molar-refractivity contribution >= 4 is 28.2 Å². The molecule has 5 rings (SSSR count). The molecule has 0 saturated heterocycles. The molecule has 0 fully saturated rings. The van der Waals surface area contributed by atoms with E-state index in [1.165, 1.54) is 13.4 Å². The van der Waals surface area contributed by atoms with E-state index in [0.717, 1.165) is 10.8 Å². The van der Waals surface area contributed by atoms with E-state index in [9.17, 15) is 4.79 Å². The highest BCUT2D eigenvalue weighted by Crippen LogP contribution is 2.37. The summed E-state index contributed by atoms with van der Waals surface area (Å²) in [6, 6.07) is 19.6. The number of ether oxygens (including phenoxy) is 3. The summed E-state index contributed by atoms with van der Waals surface area (Å²) < 4.78 is 16.9. The van der Waals surface area contributed by atoms with Gasteiger partial charge in [-0.25, -0.2) is 24.7 Å². The Morgan fingerprint density at radius 3 is 2.41 bits per heavy atom. The lowest BCUT2D eigenvalue weighted by Crippen LogP contribution is -2.20.